The van der Waals surface area contributed by atoms with Gasteiger partial charge in [0.15, 0.2) is 0 Å². The standard InChI is InChI=1S/C35H58N8O15/c36-6-18-56-20-22-58-23-21-57-19-17-42(34(52)27-2-1-3-30(45)43(27)55)8-7-37-29(44)5-4-28(35(53)54)41-15-13-39(25-32(48)49)11-9-38(24-31(46)47)10-12-40(14-16-41)26-33(50)51/h1-3,28,55H,4-26,36H2,(H,37,44)(H,46,47)(H,48,49)(H,50,51)(H,53,54)/t28-/m1/s1. The smallest absolute Gasteiger partial charge is 0.320 e. The molecule has 1 aromatic heterocycles. The molecule has 8 N–H and O–H groups in total. The zero-order valence-corrected chi connectivity index (χ0v) is 32.7. The molecule has 2 rings (SSSR count). The number of nitrogens with one attached hydrogen (secondary N) is 1. The van der Waals surface area contributed by atoms with E-state index in [0.717, 1.165) is 6.07 Å². The third-order valence-corrected chi connectivity index (χ3v) is 8.97. The normalized spacial score (nSPS) is 15.8. The molecule has 1 aliphatic rings. The molecule has 1 saturated heterocycles. The first-order valence-electron chi connectivity index (χ1n) is 18.9. The first kappa shape index (κ1) is 49.4. The van der Waals surface area contributed by atoms with Crippen LogP contribution in [0.1, 0.15) is 23.3 Å². The van der Waals surface area contributed by atoms with Crippen molar-refractivity contribution in [3.8, 4) is 0 Å². The number of rotatable bonds is 26. The van der Waals surface area contributed by atoms with Gasteiger partial charge in [-0.25, -0.2) is 0 Å². The van der Waals surface area contributed by atoms with E-state index in [2.05, 4.69) is 5.32 Å². The first-order valence-corrected chi connectivity index (χ1v) is 18.9. The number of amides is 2. The molecule has 0 unspecified atom stereocenters. The number of nitrogens with two attached hydrogens (primary N) is 1. The third-order valence-electron chi connectivity index (χ3n) is 8.97. The molecule has 0 bridgehead atoms. The van der Waals surface area contributed by atoms with Gasteiger partial charge < -0.3 is 55.8 Å². The largest absolute Gasteiger partial charge is 0.480 e. The third kappa shape index (κ3) is 20.1. The lowest BCUT2D eigenvalue weighted by atomic mass is 10.1. The zero-order chi connectivity index (χ0) is 42.9. The number of pyridine rings is 1. The van der Waals surface area contributed by atoms with Crippen LogP contribution in [0.15, 0.2) is 23.0 Å². The average Bonchev–Trinajstić information content (AvgIpc) is 3.15. The summed E-state index contributed by atoms with van der Waals surface area (Å²) < 4.78 is 16.4. The van der Waals surface area contributed by atoms with Gasteiger partial charge in [0.05, 0.1) is 59.3 Å². The molecule has 58 heavy (non-hydrogen) atoms. The molecule has 1 aromatic rings. The van der Waals surface area contributed by atoms with Gasteiger partial charge in [-0.15, -0.1) is 4.73 Å². The molecule has 2 amide bonds. The summed E-state index contributed by atoms with van der Waals surface area (Å²) in [6, 6.07) is 2.43. The number of carboxylic acid groups (broad SMARTS) is 4. The molecular weight excluding hydrogens is 772 g/mol. The maximum absolute atomic E-state index is 13.3. The van der Waals surface area contributed by atoms with Crippen molar-refractivity contribution in [3.05, 3.63) is 34.2 Å². The molecule has 2 heterocycles. The molecule has 328 valence electrons. The number of nitrogens with zero attached hydrogens (tertiary/aromatic N) is 6. The lowest BCUT2D eigenvalue weighted by Crippen LogP contribution is -2.52. The number of ether oxygens (including phenoxy) is 3. The van der Waals surface area contributed by atoms with Crippen LogP contribution in [0.2, 0.25) is 0 Å². The summed E-state index contributed by atoms with van der Waals surface area (Å²) in [5, 5.41) is 51.4. The minimum atomic E-state index is -1.25. The topological polar surface area (TPSA) is 308 Å². The van der Waals surface area contributed by atoms with E-state index in [4.69, 9.17) is 19.9 Å². The number of aromatic nitrogens is 1. The zero-order valence-electron chi connectivity index (χ0n) is 32.7. The minimum absolute atomic E-state index is 0.0167. The molecule has 1 fully saturated rings. The van der Waals surface area contributed by atoms with Crippen LogP contribution in [0, 0.1) is 0 Å². The van der Waals surface area contributed by atoms with Crippen LogP contribution >= 0.6 is 0 Å². The van der Waals surface area contributed by atoms with E-state index < -0.39 is 47.3 Å². The van der Waals surface area contributed by atoms with E-state index in [9.17, 15) is 59.2 Å². The Morgan fingerprint density at radius 3 is 1.67 bits per heavy atom. The first-order chi connectivity index (χ1) is 27.7. The lowest BCUT2D eigenvalue weighted by molar-refractivity contribution is -0.145. The van der Waals surface area contributed by atoms with Crippen LogP contribution in [0.25, 0.3) is 0 Å². The molecule has 0 saturated carbocycles. The fourth-order valence-corrected chi connectivity index (χ4v) is 5.98. The van der Waals surface area contributed by atoms with E-state index in [1.807, 2.05) is 0 Å². The quantitative estimate of drug-likeness (QED) is 0.0350. The number of carboxylic acids is 4. The van der Waals surface area contributed by atoms with Crippen LogP contribution in [-0.4, -0.2) is 234 Å². The van der Waals surface area contributed by atoms with Crippen LogP contribution in [0.4, 0.5) is 0 Å². The van der Waals surface area contributed by atoms with E-state index >= 15 is 0 Å². The summed E-state index contributed by atoms with van der Waals surface area (Å²) in [4.78, 5) is 93.1. The van der Waals surface area contributed by atoms with E-state index in [0.29, 0.717) is 26.4 Å². The fraction of sp³-hybridized carbons (Fsp3) is 0.686. The Bertz CT molecular complexity index is 1480. The second kappa shape index (κ2) is 27.8. The number of hydrogen-bond acceptors (Lipinski definition) is 16. The summed E-state index contributed by atoms with van der Waals surface area (Å²) in [6.45, 7) is 1.77. The summed E-state index contributed by atoms with van der Waals surface area (Å²) >= 11 is 0. The van der Waals surface area contributed by atoms with Gasteiger partial charge in [0.2, 0.25) is 5.91 Å². The Hall–Kier alpha value is -4.75. The van der Waals surface area contributed by atoms with Crippen molar-refractivity contribution >= 4 is 35.7 Å². The van der Waals surface area contributed by atoms with Gasteiger partial charge in [0, 0.05) is 91.0 Å². The fourth-order valence-electron chi connectivity index (χ4n) is 5.98. The van der Waals surface area contributed by atoms with Crippen LogP contribution in [-0.2, 0) is 38.2 Å². The molecule has 0 aliphatic carbocycles. The predicted octanol–water partition coefficient (Wildman–Crippen LogP) is -3.64. The van der Waals surface area contributed by atoms with Crippen molar-refractivity contribution < 1.29 is 68.6 Å². The Labute approximate surface area is 335 Å². The number of hydrogen-bond donors (Lipinski definition) is 7. The van der Waals surface area contributed by atoms with Gasteiger partial charge in [-0.1, -0.05) is 6.07 Å². The second-order valence-corrected chi connectivity index (χ2v) is 13.3. The van der Waals surface area contributed by atoms with Gasteiger partial charge in [-0.2, -0.15) is 0 Å². The SMILES string of the molecule is NCCOCCOCCOCCN(CCNC(=O)CC[C@H](C(=O)O)N1CCN(CC(=O)O)CCN(CC(=O)O)CCN(CC(=O)O)CC1)C(=O)c1cccc(=O)n1O. The van der Waals surface area contributed by atoms with Gasteiger partial charge in [-0.3, -0.25) is 53.2 Å². The highest BCUT2D eigenvalue weighted by molar-refractivity contribution is 5.92. The van der Waals surface area contributed by atoms with Gasteiger partial charge in [-0.05, 0) is 12.5 Å². The summed E-state index contributed by atoms with van der Waals surface area (Å²) in [7, 11) is 0. The Kier molecular flexibility index (Phi) is 23.7. The number of carbonyl (C=O) groups is 6. The molecule has 0 radical (unpaired) electrons. The van der Waals surface area contributed by atoms with Crippen LogP contribution < -0.4 is 16.6 Å². The molecule has 0 aromatic carbocycles. The maximum atomic E-state index is 13.3. The second-order valence-electron chi connectivity index (χ2n) is 13.3. The number of carbonyl (C=O) groups excluding carboxylic acids is 2. The van der Waals surface area contributed by atoms with Crippen molar-refractivity contribution in [2.75, 3.05) is 138 Å². The highest BCUT2D eigenvalue weighted by Gasteiger charge is 2.29. The summed E-state index contributed by atoms with van der Waals surface area (Å²) in [6.07, 6.45) is -0.414. The van der Waals surface area contributed by atoms with Crippen molar-refractivity contribution in [1.29, 1.82) is 0 Å². The molecule has 0 spiro atoms. The molecule has 23 heteroatoms. The van der Waals surface area contributed by atoms with Crippen molar-refractivity contribution in [1.82, 2.24) is 34.5 Å². The molecular formula is C35H58N8O15. The van der Waals surface area contributed by atoms with Gasteiger partial charge in [0.1, 0.15) is 11.7 Å². The monoisotopic (exact) mass is 830 g/mol. The van der Waals surface area contributed by atoms with Gasteiger partial charge >= 0.3 is 23.9 Å². The summed E-state index contributed by atoms with van der Waals surface area (Å²) in [5.74, 6) is -5.85. The number of aliphatic carboxylic acids is 4. The van der Waals surface area contributed by atoms with Crippen molar-refractivity contribution in [2.45, 2.75) is 18.9 Å². The summed E-state index contributed by atoms with van der Waals surface area (Å²) in [5.41, 5.74) is 4.24. The molecule has 23 nitrogen and oxygen atoms in total. The lowest BCUT2D eigenvalue weighted by Gasteiger charge is -2.35. The van der Waals surface area contributed by atoms with Crippen LogP contribution in [0.3, 0.4) is 0 Å². The maximum Gasteiger partial charge on any atom is 0.320 e. The van der Waals surface area contributed by atoms with E-state index in [1.165, 1.54) is 17.0 Å². The van der Waals surface area contributed by atoms with Crippen molar-refractivity contribution in [2.24, 2.45) is 5.73 Å². The highest BCUT2D eigenvalue weighted by atomic mass is 16.5. The Morgan fingerprint density at radius 1 is 0.707 bits per heavy atom. The van der Waals surface area contributed by atoms with E-state index in [1.54, 1.807) is 19.6 Å². The molecule has 1 aliphatic heterocycles. The highest BCUT2D eigenvalue weighted by Crippen LogP contribution is 2.11. The van der Waals surface area contributed by atoms with Gasteiger partial charge in [0.25, 0.3) is 11.5 Å². The van der Waals surface area contributed by atoms with Crippen LogP contribution in [0.5, 0.6) is 0 Å². The Morgan fingerprint density at radius 2 is 1.19 bits per heavy atom. The average molecular weight is 831 g/mol. The van der Waals surface area contributed by atoms with Crippen molar-refractivity contribution in [3.63, 3.8) is 0 Å². The minimum Gasteiger partial charge on any atom is -0.480 e. The molecule has 1 atom stereocenters. The van der Waals surface area contributed by atoms with E-state index in [-0.39, 0.29) is 135 Å². The Balaban J connectivity index is 2.07. The predicted molar refractivity (Wildman–Crippen MR) is 203 cm³/mol.